The van der Waals surface area contributed by atoms with Gasteiger partial charge in [-0.25, -0.2) is 9.97 Å². The molecule has 0 unspecified atom stereocenters. The standard InChI is InChI=1S/C21H27ClN4OS/c1-14(2)15(3)23-20(27)17-8-6-16(7-9-17)13-28-21-24-18(22)12-19(25-21)26-10-4-5-11-26/h6-9,12,14-15H,4-5,10-11,13H2,1-3H3,(H,23,27)/t15-/m0/s1. The van der Waals surface area contributed by atoms with Crippen LogP contribution in [0.4, 0.5) is 5.82 Å². The first-order valence-electron chi connectivity index (χ1n) is 9.74. The summed E-state index contributed by atoms with van der Waals surface area (Å²) in [6.45, 7) is 8.26. The van der Waals surface area contributed by atoms with Crippen LogP contribution in [0, 0.1) is 5.92 Å². The lowest BCUT2D eigenvalue weighted by Gasteiger charge is -2.17. The molecule has 0 aliphatic carbocycles. The molecule has 2 heterocycles. The van der Waals surface area contributed by atoms with Crippen LogP contribution in [-0.2, 0) is 5.75 Å². The molecule has 1 aliphatic heterocycles. The largest absolute Gasteiger partial charge is 0.356 e. The molecule has 3 rings (SSSR count). The number of halogens is 1. The summed E-state index contributed by atoms with van der Waals surface area (Å²) in [5.41, 5.74) is 1.79. The highest BCUT2D eigenvalue weighted by molar-refractivity contribution is 7.98. The number of anilines is 1. The van der Waals surface area contributed by atoms with Crippen molar-refractivity contribution in [3.63, 3.8) is 0 Å². The first kappa shape index (κ1) is 20.9. The minimum Gasteiger partial charge on any atom is -0.356 e. The van der Waals surface area contributed by atoms with E-state index in [0.717, 1.165) is 30.2 Å². The van der Waals surface area contributed by atoms with Crippen LogP contribution in [0.25, 0.3) is 0 Å². The molecule has 1 amide bonds. The van der Waals surface area contributed by atoms with Gasteiger partial charge in [0.25, 0.3) is 5.91 Å². The minimum absolute atomic E-state index is 0.0335. The molecule has 5 nitrogen and oxygen atoms in total. The van der Waals surface area contributed by atoms with E-state index in [1.807, 2.05) is 37.3 Å². The summed E-state index contributed by atoms with van der Waals surface area (Å²) in [7, 11) is 0. The molecule has 150 valence electrons. The molecule has 1 aromatic heterocycles. The van der Waals surface area contributed by atoms with Gasteiger partial charge in [-0.2, -0.15) is 0 Å². The van der Waals surface area contributed by atoms with Gasteiger partial charge in [0.1, 0.15) is 11.0 Å². The summed E-state index contributed by atoms with van der Waals surface area (Å²) in [4.78, 5) is 23.5. The van der Waals surface area contributed by atoms with Crippen LogP contribution in [0.3, 0.4) is 0 Å². The van der Waals surface area contributed by atoms with Crippen molar-refractivity contribution in [3.8, 4) is 0 Å². The van der Waals surface area contributed by atoms with E-state index in [4.69, 9.17) is 11.6 Å². The van der Waals surface area contributed by atoms with E-state index in [1.165, 1.54) is 12.8 Å². The molecule has 1 fully saturated rings. The lowest BCUT2D eigenvalue weighted by Crippen LogP contribution is -2.36. The molecule has 1 N–H and O–H groups in total. The first-order chi connectivity index (χ1) is 13.4. The molecule has 0 bridgehead atoms. The number of carbonyl (C=O) groups excluding carboxylic acids is 1. The Balaban J connectivity index is 1.60. The van der Waals surface area contributed by atoms with Crippen molar-refractivity contribution in [3.05, 3.63) is 46.6 Å². The summed E-state index contributed by atoms with van der Waals surface area (Å²) in [6, 6.07) is 9.68. The van der Waals surface area contributed by atoms with Gasteiger partial charge in [0.2, 0.25) is 0 Å². The molecule has 1 aromatic carbocycles. The Morgan fingerprint density at radius 3 is 2.50 bits per heavy atom. The van der Waals surface area contributed by atoms with Gasteiger partial charge in [-0.3, -0.25) is 4.79 Å². The normalized spacial score (nSPS) is 15.1. The number of thioether (sulfide) groups is 1. The van der Waals surface area contributed by atoms with Gasteiger partial charge < -0.3 is 10.2 Å². The number of benzene rings is 1. The number of rotatable bonds is 7. The van der Waals surface area contributed by atoms with E-state index < -0.39 is 0 Å². The molecule has 0 spiro atoms. The van der Waals surface area contributed by atoms with Crippen molar-refractivity contribution in [2.24, 2.45) is 5.92 Å². The van der Waals surface area contributed by atoms with Crippen LogP contribution < -0.4 is 10.2 Å². The zero-order chi connectivity index (χ0) is 20.1. The van der Waals surface area contributed by atoms with Crippen molar-refractivity contribution in [2.45, 2.75) is 50.6 Å². The van der Waals surface area contributed by atoms with Gasteiger partial charge >= 0.3 is 0 Å². The third-order valence-electron chi connectivity index (χ3n) is 5.03. The topological polar surface area (TPSA) is 58.1 Å². The average Bonchev–Trinajstić information content (AvgIpc) is 3.21. The molecular formula is C21H27ClN4OS. The van der Waals surface area contributed by atoms with E-state index >= 15 is 0 Å². The Labute approximate surface area is 176 Å². The predicted molar refractivity (Wildman–Crippen MR) is 116 cm³/mol. The monoisotopic (exact) mass is 418 g/mol. The number of nitrogens with zero attached hydrogens (tertiary/aromatic N) is 3. The number of nitrogens with one attached hydrogen (secondary N) is 1. The number of hydrogen-bond donors (Lipinski definition) is 1. The van der Waals surface area contributed by atoms with Crippen molar-refractivity contribution in [1.29, 1.82) is 0 Å². The highest BCUT2D eigenvalue weighted by atomic mass is 35.5. The third-order valence-corrected chi connectivity index (χ3v) is 6.15. The third kappa shape index (κ3) is 5.61. The van der Waals surface area contributed by atoms with E-state index in [1.54, 1.807) is 11.8 Å². The highest BCUT2D eigenvalue weighted by Crippen LogP contribution is 2.26. The Bertz CT molecular complexity index is 807. The molecule has 28 heavy (non-hydrogen) atoms. The van der Waals surface area contributed by atoms with Gasteiger partial charge in [-0.05, 0) is 43.4 Å². The first-order valence-corrected chi connectivity index (χ1v) is 11.1. The van der Waals surface area contributed by atoms with E-state index in [-0.39, 0.29) is 11.9 Å². The second-order valence-corrected chi connectivity index (χ2v) is 8.85. The minimum atomic E-state index is -0.0335. The van der Waals surface area contributed by atoms with Crippen molar-refractivity contribution in [2.75, 3.05) is 18.0 Å². The quantitative estimate of drug-likeness (QED) is 0.397. The van der Waals surface area contributed by atoms with E-state index in [0.29, 0.717) is 21.8 Å². The van der Waals surface area contributed by atoms with Crippen molar-refractivity contribution in [1.82, 2.24) is 15.3 Å². The molecule has 1 saturated heterocycles. The number of carbonyl (C=O) groups is 1. The maximum absolute atomic E-state index is 12.3. The van der Waals surface area contributed by atoms with Crippen LogP contribution >= 0.6 is 23.4 Å². The molecular weight excluding hydrogens is 392 g/mol. The summed E-state index contributed by atoms with van der Waals surface area (Å²) in [6.07, 6.45) is 2.39. The van der Waals surface area contributed by atoms with Crippen LogP contribution in [0.5, 0.6) is 0 Å². The van der Waals surface area contributed by atoms with Gasteiger partial charge in [0, 0.05) is 36.5 Å². The Kier molecular flexibility index (Phi) is 7.18. The van der Waals surface area contributed by atoms with Gasteiger partial charge in [0.15, 0.2) is 5.16 Å². The maximum Gasteiger partial charge on any atom is 0.251 e. The summed E-state index contributed by atoms with van der Waals surface area (Å²) >= 11 is 7.75. The predicted octanol–water partition coefficient (Wildman–Crippen LogP) is 4.80. The summed E-state index contributed by atoms with van der Waals surface area (Å²) in [5, 5.41) is 4.19. The number of hydrogen-bond acceptors (Lipinski definition) is 5. The average molecular weight is 419 g/mol. The lowest BCUT2D eigenvalue weighted by molar-refractivity contribution is 0.0930. The SMILES string of the molecule is CC(C)[C@H](C)NC(=O)c1ccc(CSc2nc(Cl)cc(N3CCCC3)n2)cc1. The molecule has 2 aromatic rings. The fraction of sp³-hybridized carbons (Fsp3) is 0.476. The highest BCUT2D eigenvalue weighted by Gasteiger charge is 2.16. The van der Waals surface area contributed by atoms with Crippen molar-refractivity contribution >= 4 is 35.1 Å². The molecule has 7 heteroatoms. The van der Waals surface area contributed by atoms with E-state index in [2.05, 4.69) is 34.0 Å². The fourth-order valence-corrected chi connectivity index (χ4v) is 3.95. The van der Waals surface area contributed by atoms with Crippen LogP contribution in [0.1, 0.15) is 49.5 Å². The van der Waals surface area contributed by atoms with Gasteiger partial charge in [-0.15, -0.1) is 0 Å². The second-order valence-electron chi connectivity index (χ2n) is 7.52. The second kappa shape index (κ2) is 9.61. The number of aromatic nitrogens is 2. The molecule has 1 atom stereocenters. The molecule has 0 saturated carbocycles. The van der Waals surface area contributed by atoms with Crippen LogP contribution in [0.2, 0.25) is 5.15 Å². The zero-order valence-electron chi connectivity index (χ0n) is 16.6. The Hall–Kier alpha value is -1.79. The lowest BCUT2D eigenvalue weighted by atomic mass is 10.1. The van der Waals surface area contributed by atoms with Crippen LogP contribution in [0.15, 0.2) is 35.5 Å². The number of amides is 1. The smallest absolute Gasteiger partial charge is 0.251 e. The molecule has 1 aliphatic rings. The maximum atomic E-state index is 12.3. The van der Waals surface area contributed by atoms with Crippen molar-refractivity contribution < 1.29 is 4.79 Å². The Morgan fingerprint density at radius 1 is 1.18 bits per heavy atom. The zero-order valence-corrected chi connectivity index (χ0v) is 18.2. The van der Waals surface area contributed by atoms with Gasteiger partial charge in [-0.1, -0.05) is 49.3 Å². The summed E-state index contributed by atoms with van der Waals surface area (Å²) < 4.78 is 0. The summed E-state index contributed by atoms with van der Waals surface area (Å²) in [5.74, 6) is 2.01. The van der Waals surface area contributed by atoms with Gasteiger partial charge in [0.05, 0.1) is 0 Å². The Morgan fingerprint density at radius 2 is 1.86 bits per heavy atom. The fourth-order valence-electron chi connectivity index (χ4n) is 2.92. The van der Waals surface area contributed by atoms with Crippen LogP contribution in [-0.4, -0.2) is 35.0 Å². The molecule has 0 radical (unpaired) electrons. The van der Waals surface area contributed by atoms with E-state index in [9.17, 15) is 4.79 Å².